The van der Waals surface area contributed by atoms with Crippen LogP contribution in [0.25, 0.3) is 0 Å². The predicted octanol–water partition coefficient (Wildman–Crippen LogP) is 1.79. The maximum Gasteiger partial charge on any atom is 0.224 e. The van der Waals surface area contributed by atoms with E-state index in [4.69, 9.17) is 0 Å². The quantitative estimate of drug-likeness (QED) is 0.734. The fraction of sp³-hybridized carbons (Fsp3) is 0.947. The van der Waals surface area contributed by atoms with Crippen molar-refractivity contribution in [1.82, 2.24) is 20.9 Å². The van der Waals surface area contributed by atoms with Crippen molar-refractivity contribution in [2.24, 2.45) is 11.8 Å². The SMILES string of the molecule is O=C(NC1CC1)C1CCCN(C2CCNC(C3CCCCC3)N2)C1. The topological polar surface area (TPSA) is 56.4 Å². The molecule has 0 spiro atoms. The zero-order chi connectivity index (χ0) is 16.4. The Balaban J connectivity index is 1.31. The van der Waals surface area contributed by atoms with Gasteiger partial charge in [0.25, 0.3) is 0 Å². The highest BCUT2D eigenvalue weighted by Crippen LogP contribution is 2.28. The summed E-state index contributed by atoms with van der Waals surface area (Å²) in [5.74, 6) is 1.30. The Labute approximate surface area is 146 Å². The molecule has 2 saturated heterocycles. The summed E-state index contributed by atoms with van der Waals surface area (Å²) < 4.78 is 0. The molecule has 2 aliphatic carbocycles. The third-order valence-electron chi connectivity index (χ3n) is 6.46. The normalized spacial score (nSPS) is 36.4. The Hall–Kier alpha value is -0.650. The fourth-order valence-electron chi connectivity index (χ4n) is 4.83. The first-order valence-corrected chi connectivity index (χ1v) is 10.3. The predicted molar refractivity (Wildman–Crippen MR) is 95.4 cm³/mol. The van der Waals surface area contributed by atoms with Gasteiger partial charge in [0.1, 0.15) is 0 Å². The summed E-state index contributed by atoms with van der Waals surface area (Å²) >= 11 is 0. The molecule has 4 aliphatic rings. The molecule has 3 atom stereocenters. The van der Waals surface area contributed by atoms with Crippen LogP contribution in [0.1, 0.15) is 64.2 Å². The number of likely N-dealkylation sites (tertiary alicyclic amines) is 1. The van der Waals surface area contributed by atoms with Crippen molar-refractivity contribution in [3.8, 4) is 0 Å². The standard InChI is InChI=1S/C19H34N4O/c24-19(21-16-8-9-16)15-7-4-12-23(13-15)17-10-11-20-18(22-17)14-5-2-1-3-6-14/h14-18,20,22H,1-13H2,(H,21,24). The van der Waals surface area contributed by atoms with E-state index >= 15 is 0 Å². The molecule has 2 aliphatic heterocycles. The maximum atomic E-state index is 12.4. The molecule has 4 fully saturated rings. The summed E-state index contributed by atoms with van der Waals surface area (Å²) in [4.78, 5) is 15.0. The highest BCUT2D eigenvalue weighted by Gasteiger charge is 2.35. The highest BCUT2D eigenvalue weighted by molar-refractivity contribution is 5.79. The molecule has 2 heterocycles. The van der Waals surface area contributed by atoms with Crippen molar-refractivity contribution in [3.05, 3.63) is 0 Å². The van der Waals surface area contributed by atoms with Crippen LogP contribution in [0.15, 0.2) is 0 Å². The summed E-state index contributed by atoms with van der Waals surface area (Å²) in [7, 11) is 0. The number of hydrogen-bond acceptors (Lipinski definition) is 4. The molecule has 4 rings (SSSR count). The molecule has 2 saturated carbocycles. The fourth-order valence-corrected chi connectivity index (χ4v) is 4.83. The van der Waals surface area contributed by atoms with Crippen molar-refractivity contribution in [1.29, 1.82) is 0 Å². The number of carbonyl (C=O) groups excluding carboxylic acids is 1. The number of rotatable bonds is 4. The van der Waals surface area contributed by atoms with Crippen LogP contribution in [-0.2, 0) is 4.79 Å². The Morgan fingerprint density at radius 2 is 1.79 bits per heavy atom. The number of piperidine rings is 1. The van der Waals surface area contributed by atoms with Gasteiger partial charge >= 0.3 is 0 Å². The van der Waals surface area contributed by atoms with Gasteiger partial charge in [0.05, 0.1) is 18.2 Å². The summed E-state index contributed by atoms with van der Waals surface area (Å²) in [6.45, 7) is 3.18. The van der Waals surface area contributed by atoms with Crippen LogP contribution in [0.5, 0.6) is 0 Å². The van der Waals surface area contributed by atoms with E-state index < -0.39 is 0 Å². The number of carbonyl (C=O) groups is 1. The second kappa shape index (κ2) is 7.71. The molecule has 24 heavy (non-hydrogen) atoms. The van der Waals surface area contributed by atoms with Gasteiger partial charge in [-0.2, -0.15) is 0 Å². The number of amides is 1. The molecule has 0 radical (unpaired) electrons. The Bertz CT molecular complexity index is 433. The zero-order valence-corrected chi connectivity index (χ0v) is 14.9. The van der Waals surface area contributed by atoms with Gasteiger partial charge in [0.2, 0.25) is 5.91 Å². The van der Waals surface area contributed by atoms with Gasteiger partial charge in [-0.15, -0.1) is 0 Å². The van der Waals surface area contributed by atoms with Gasteiger partial charge in [-0.3, -0.25) is 15.0 Å². The minimum absolute atomic E-state index is 0.198. The molecule has 0 aromatic heterocycles. The summed E-state index contributed by atoms with van der Waals surface area (Å²) in [6, 6.07) is 0.487. The van der Waals surface area contributed by atoms with Gasteiger partial charge in [0.15, 0.2) is 0 Å². The third kappa shape index (κ3) is 4.12. The molecule has 136 valence electrons. The van der Waals surface area contributed by atoms with E-state index in [9.17, 15) is 4.79 Å². The Morgan fingerprint density at radius 1 is 0.958 bits per heavy atom. The molecule has 1 amide bonds. The van der Waals surface area contributed by atoms with Crippen molar-refractivity contribution < 1.29 is 4.79 Å². The summed E-state index contributed by atoms with van der Waals surface area (Å²) in [6.07, 6.45) is 13.6. The second-order valence-corrected chi connectivity index (χ2v) is 8.42. The van der Waals surface area contributed by atoms with E-state index in [1.807, 2.05) is 0 Å². The maximum absolute atomic E-state index is 12.4. The largest absolute Gasteiger partial charge is 0.353 e. The van der Waals surface area contributed by atoms with Crippen LogP contribution in [0.4, 0.5) is 0 Å². The Morgan fingerprint density at radius 3 is 2.58 bits per heavy atom. The zero-order valence-electron chi connectivity index (χ0n) is 14.9. The monoisotopic (exact) mass is 334 g/mol. The van der Waals surface area contributed by atoms with Crippen molar-refractivity contribution >= 4 is 5.91 Å². The lowest BCUT2D eigenvalue weighted by molar-refractivity contribution is -0.127. The van der Waals surface area contributed by atoms with Crippen molar-refractivity contribution in [3.63, 3.8) is 0 Å². The van der Waals surface area contributed by atoms with Gasteiger partial charge in [-0.05, 0) is 64.0 Å². The molecule has 5 heteroatoms. The molecule has 3 unspecified atom stereocenters. The molecule has 0 aromatic rings. The van der Waals surface area contributed by atoms with Gasteiger partial charge in [-0.1, -0.05) is 19.3 Å². The lowest BCUT2D eigenvalue weighted by Gasteiger charge is -2.45. The second-order valence-electron chi connectivity index (χ2n) is 8.42. The molecular weight excluding hydrogens is 300 g/mol. The molecule has 3 N–H and O–H groups in total. The van der Waals surface area contributed by atoms with E-state index in [1.54, 1.807) is 0 Å². The average molecular weight is 335 g/mol. The van der Waals surface area contributed by atoms with Gasteiger partial charge in [-0.25, -0.2) is 0 Å². The van der Waals surface area contributed by atoms with Crippen LogP contribution in [0, 0.1) is 11.8 Å². The van der Waals surface area contributed by atoms with Gasteiger partial charge in [0, 0.05) is 12.6 Å². The van der Waals surface area contributed by atoms with Gasteiger partial charge < -0.3 is 10.6 Å². The van der Waals surface area contributed by atoms with Crippen LogP contribution < -0.4 is 16.0 Å². The summed E-state index contributed by atoms with van der Waals surface area (Å²) in [5.41, 5.74) is 0. The molecule has 0 aromatic carbocycles. The van der Waals surface area contributed by atoms with Crippen LogP contribution in [0.3, 0.4) is 0 Å². The first kappa shape index (κ1) is 16.8. The minimum Gasteiger partial charge on any atom is -0.353 e. The number of hydrogen-bond donors (Lipinski definition) is 3. The smallest absolute Gasteiger partial charge is 0.224 e. The van der Waals surface area contributed by atoms with E-state index in [0.29, 0.717) is 24.3 Å². The van der Waals surface area contributed by atoms with Crippen LogP contribution in [-0.4, -0.2) is 48.8 Å². The summed E-state index contributed by atoms with van der Waals surface area (Å²) in [5, 5.41) is 10.8. The van der Waals surface area contributed by atoms with E-state index in [0.717, 1.165) is 44.8 Å². The lowest BCUT2D eigenvalue weighted by Crippen LogP contribution is -2.63. The minimum atomic E-state index is 0.198. The third-order valence-corrected chi connectivity index (χ3v) is 6.46. The molecule has 0 bridgehead atoms. The Kier molecular flexibility index (Phi) is 5.40. The van der Waals surface area contributed by atoms with E-state index in [2.05, 4.69) is 20.9 Å². The first-order chi connectivity index (χ1) is 11.8. The van der Waals surface area contributed by atoms with Crippen molar-refractivity contribution in [2.45, 2.75) is 82.6 Å². The average Bonchev–Trinajstić information content (AvgIpc) is 3.47. The van der Waals surface area contributed by atoms with E-state index in [1.165, 1.54) is 44.9 Å². The number of nitrogens with zero attached hydrogens (tertiary/aromatic N) is 1. The van der Waals surface area contributed by atoms with Crippen LogP contribution >= 0.6 is 0 Å². The first-order valence-electron chi connectivity index (χ1n) is 10.3. The van der Waals surface area contributed by atoms with Crippen LogP contribution in [0.2, 0.25) is 0 Å². The number of nitrogens with one attached hydrogen (secondary N) is 3. The van der Waals surface area contributed by atoms with Crippen molar-refractivity contribution in [2.75, 3.05) is 19.6 Å². The van der Waals surface area contributed by atoms with E-state index in [-0.39, 0.29) is 5.92 Å². The molecular formula is C19H34N4O. The molecule has 5 nitrogen and oxygen atoms in total. The lowest BCUT2D eigenvalue weighted by atomic mass is 9.86. The highest BCUT2D eigenvalue weighted by atomic mass is 16.2.